The number of nitrogens with zero attached hydrogens (tertiary/aromatic N) is 1. The highest BCUT2D eigenvalue weighted by Gasteiger charge is 2.17. The van der Waals surface area contributed by atoms with Crippen molar-refractivity contribution in [3.05, 3.63) is 23.5 Å². The van der Waals surface area contributed by atoms with Crippen molar-refractivity contribution < 1.29 is 29.0 Å². The molecule has 1 rings (SSSR count). The van der Waals surface area contributed by atoms with Crippen LogP contribution in [0, 0.1) is 0 Å². The Bertz CT molecular complexity index is 741. The summed E-state index contributed by atoms with van der Waals surface area (Å²) in [5.41, 5.74) is 0.165. The highest BCUT2D eigenvalue weighted by molar-refractivity contribution is 5.99. The van der Waals surface area contributed by atoms with E-state index in [0.29, 0.717) is 19.6 Å². The minimum Gasteiger partial charge on any atom is -0.494 e. The summed E-state index contributed by atoms with van der Waals surface area (Å²) in [5.74, 6) is -2.10. The SMILES string of the molecule is CCCCCCCCCCCCOCCCNC(=O)c1cnc(C(=O)NCC(=O)O)c(OC)c1. The van der Waals surface area contributed by atoms with Crippen LogP contribution < -0.4 is 15.4 Å². The van der Waals surface area contributed by atoms with Crippen molar-refractivity contribution in [3.63, 3.8) is 0 Å². The number of carbonyl (C=O) groups is 3. The second kappa shape index (κ2) is 18.7. The zero-order valence-corrected chi connectivity index (χ0v) is 20.7. The topological polar surface area (TPSA) is 127 Å². The first-order valence-corrected chi connectivity index (χ1v) is 12.4. The van der Waals surface area contributed by atoms with Crippen molar-refractivity contribution in [2.45, 2.75) is 77.6 Å². The number of rotatable bonds is 20. The molecular weight excluding hydrogens is 438 g/mol. The fourth-order valence-electron chi connectivity index (χ4n) is 3.41. The summed E-state index contributed by atoms with van der Waals surface area (Å²) < 4.78 is 10.8. The van der Waals surface area contributed by atoms with E-state index in [1.807, 2.05) is 0 Å². The Labute approximate surface area is 203 Å². The average molecular weight is 480 g/mol. The van der Waals surface area contributed by atoms with Gasteiger partial charge in [0.15, 0.2) is 11.4 Å². The molecule has 0 aliphatic heterocycles. The van der Waals surface area contributed by atoms with E-state index >= 15 is 0 Å². The van der Waals surface area contributed by atoms with E-state index in [9.17, 15) is 14.4 Å². The van der Waals surface area contributed by atoms with Gasteiger partial charge in [-0.1, -0.05) is 64.7 Å². The lowest BCUT2D eigenvalue weighted by atomic mass is 10.1. The van der Waals surface area contributed by atoms with Crippen molar-refractivity contribution in [1.82, 2.24) is 15.6 Å². The van der Waals surface area contributed by atoms with Crippen molar-refractivity contribution in [2.75, 3.05) is 33.4 Å². The van der Waals surface area contributed by atoms with Crippen LogP contribution in [0.1, 0.15) is 98.4 Å². The number of carboxylic acids is 1. The van der Waals surface area contributed by atoms with Crippen LogP contribution in [0.25, 0.3) is 0 Å². The Morgan fingerprint density at radius 1 is 0.882 bits per heavy atom. The number of pyridine rings is 1. The molecule has 2 amide bonds. The molecule has 9 nitrogen and oxygen atoms in total. The molecule has 0 fully saturated rings. The van der Waals surface area contributed by atoms with Crippen LogP contribution in [0.5, 0.6) is 5.75 Å². The van der Waals surface area contributed by atoms with Crippen molar-refractivity contribution in [2.24, 2.45) is 0 Å². The molecule has 0 bridgehead atoms. The lowest BCUT2D eigenvalue weighted by Gasteiger charge is -2.10. The van der Waals surface area contributed by atoms with Crippen LogP contribution in [0.3, 0.4) is 0 Å². The average Bonchev–Trinajstić information content (AvgIpc) is 2.84. The summed E-state index contributed by atoms with van der Waals surface area (Å²) in [5, 5.41) is 13.7. The summed E-state index contributed by atoms with van der Waals surface area (Å²) >= 11 is 0. The first-order valence-electron chi connectivity index (χ1n) is 12.4. The standard InChI is InChI=1S/C25H41N3O6/c1-3-4-5-6-7-8-9-10-11-12-15-34-16-13-14-26-24(31)20-17-21(33-2)23(27-18-20)25(32)28-19-22(29)30/h17-18H,3-16,19H2,1-2H3,(H,26,31)(H,28,32)(H,29,30). The minimum absolute atomic E-state index is 0.0827. The number of nitrogens with one attached hydrogen (secondary N) is 2. The second-order valence-electron chi connectivity index (χ2n) is 8.26. The molecule has 0 saturated heterocycles. The van der Waals surface area contributed by atoms with Gasteiger partial charge in [0.2, 0.25) is 0 Å². The Balaban J connectivity index is 2.14. The smallest absolute Gasteiger partial charge is 0.322 e. The molecule has 0 aliphatic carbocycles. The van der Waals surface area contributed by atoms with Gasteiger partial charge in [-0.25, -0.2) is 4.98 Å². The van der Waals surface area contributed by atoms with Crippen LogP contribution in [0.2, 0.25) is 0 Å². The summed E-state index contributed by atoms with van der Waals surface area (Å²) in [6.45, 7) is 3.50. The van der Waals surface area contributed by atoms with Gasteiger partial charge in [0.05, 0.1) is 12.7 Å². The number of aliphatic carboxylic acids is 1. The zero-order chi connectivity index (χ0) is 25.0. The molecule has 0 spiro atoms. The Kier molecular flexibility index (Phi) is 16.2. The monoisotopic (exact) mass is 479 g/mol. The van der Waals surface area contributed by atoms with E-state index in [1.54, 1.807) is 0 Å². The number of hydrogen-bond donors (Lipinski definition) is 3. The van der Waals surface area contributed by atoms with Crippen LogP contribution in [0.4, 0.5) is 0 Å². The lowest BCUT2D eigenvalue weighted by molar-refractivity contribution is -0.135. The van der Waals surface area contributed by atoms with Crippen LogP contribution in [0.15, 0.2) is 12.3 Å². The van der Waals surface area contributed by atoms with Gasteiger partial charge in [0, 0.05) is 26.0 Å². The largest absolute Gasteiger partial charge is 0.494 e. The summed E-state index contributed by atoms with van der Waals surface area (Å²) in [6, 6.07) is 1.40. The predicted molar refractivity (Wildman–Crippen MR) is 130 cm³/mol. The number of carboxylic acid groups (broad SMARTS) is 1. The van der Waals surface area contributed by atoms with E-state index < -0.39 is 18.4 Å². The third kappa shape index (κ3) is 13.1. The maximum atomic E-state index is 12.3. The van der Waals surface area contributed by atoms with Gasteiger partial charge in [-0.2, -0.15) is 0 Å². The molecule has 0 unspecified atom stereocenters. The molecule has 0 radical (unpaired) electrons. The molecule has 0 atom stereocenters. The first-order chi connectivity index (χ1) is 16.5. The zero-order valence-electron chi connectivity index (χ0n) is 20.7. The van der Waals surface area contributed by atoms with E-state index in [-0.39, 0.29) is 22.9 Å². The number of methoxy groups -OCH3 is 1. The lowest BCUT2D eigenvalue weighted by Crippen LogP contribution is -2.30. The molecule has 34 heavy (non-hydrogen) atoms. The number of hydrogen-bond acceptors (Lipinski definition) is 6. The van der Waals surface area contributed by atoms with Gasteiger partial charge in [-0.3, -0.25) is 14.4 Å². The third-order valence-electron chi connectivity index (χ3n) is 5.34. The van der Waals surface area contributed by atoms with Gasteiger partial charge in [0.1, 0.15) is 6.54 Å². The number of amides is 2. The fraction of sp³-hybridized carbons (Fsp3) is 0.680. The minimum atomic E-state index is -1.17. The van der Waals surface area contributed by atoms with Gasteiger partial charge in [0.25, 0.3) is 11.8 Å². The summed E-state index contributed by atoms with van der Waals surface area (Å²) in [6.07, 6.45) is 14.9. The van der Waals surface area contributed by atoms with Crippen LogP contribution in [-0.4, -0.2) is 61.3 Å². The number of unbranched alkanes of at least 4 members (excludes halogenated alkanes) is 9. The number of ether oxygens (including phenoxy) is 2. The van der Waals surface area contributed by atoms with Crippen molar-refractivity contribution in [1.29, 1.82) is 0 Å². The summed E-state index contributed by atoms with van der Waals surface area (Å²) in [7, 11) is 1.35. The Hall–Kier alpha value is -2.68. The molecule has 0 aromatic carbocycles. The number of carbonyl (C=O) groups excluding carboxylic acids is 2. The van der Waals surface area contributed by atoms with Gasteiger partial charge in [-0.15, -0.1) is 0 Å². The maximum absolute atomic E-state index is 12.3. The molecule has 1 heterocycles. The van der Waals surface area contributed by atoms with Crippen LogP contribution >= 0.6 is 0 Å². The van der Waals surface area contributed by atoms with E-state index in [2.05, 4.69) is 22.5 Å². The van der Waals surface area contributed by atoms with Gasteiger partial charge in [-0.05, 0) is 18.9 Å². The summed E-state index contributed by atoms with van der Waals surface area (Å²) in [4.78, 5) is 38.9. The fourth-order valence-corrected chi connectivity index (χ4v) is 3.41. The quantitative estimate of drug-likeness (QED) is 0.242. The van der Waals surface area contributed by atoms with E-state index in [0.717, 1.165) is 13.0 Å². The molecule has 192 valence electrons. The van der Waals surface area contributed by atoms with Crippen LogP contribution in [-0.2, 0) is 9.53 Å². The van der Waals surface area contributed by atoms with Gasteiger partial charge < -0.3 is 25.2 Å². The Morgan fingerprint density at radius 2 is 1.50 bits per heavy atom. The molecular formula is C25H41N3O6. The molecule has 1 aromatic heterocycles. The molecule has 0 saturated carbocycles. The van der Waals surface area contributed by atoms with E-state index in [1.165, 1.54) is 77.2 Å². The molecule has 1 aromatic rings. The molecule has 9 heteroatoms. The maximum Gasteiger partial charge on any atom is 0.322 e. The molecule has 3 N–H and O–H groups in total. The highest BCUT2D eigenvalue weighted by atomic mass is 16.5. The molecule has 0 aliphatic rings. The van der Waals surface area contributed by atoms with Gasteiger partial charge >= 0.3 is 5.97 Å². The normalized spacial score (nSPS) is 10.6. The highest BCUT2D eigenvalue weighted by Crippen LogP contribution is 2.17. The number of aromatic nitrogens is 1. The Morgan fingerprint density at radius 3 is 2.12 bits per heavy atom. The predicted octanol–water partition coefficient (Wildman–Crippen LogP) is 3.96. The van der Waals surface area contributed by atoms with Crippen molar-refractivity contribution in [3.8, 4) is 5.75 Å². The van der Waals surface area contributed by atoms with E-state index in [4.69, 9.17) is 14.6 Å². The second-order valence-corrected chi connectivity index (χ2v) is 8.26. The first kappa shape index (κ1) is 29.4. The van der Waals surface area contributed by atoms with Crippen molar-refractivity contribution >= 4 is 17.8 Å². The third-order valence-corrected chi connectivity index (χ3v) is 5.34.